The second-order valence-electron chi connectivity index (χ2n) is 3.63. The van der Waals surface area contributed by atoms with Gasteiger partial charge in [0.05, 0.1) is 11.1 Å². The SMILES string of the molecule is NCCCCNOC(=O)c1ccccc1C(=O)O. The minimum Gasteiger partial charge on any atom is -0.478 e. The van der Waals surface area contributed by atoms with Crippen molar-refractivity contribution in [3.63, 3.8) is 0 Å². The molecule has 1 aromatic carbocycles. The number of unbranched alkanes of at least 4 members (excludes halogenated alkanes) is 1. The van der Waals surface area contributed by atoms with Crippen molar-refractivity contribution in [3.8, 4) is 0 Å². The Morgan fingerprint density at radius 3 is 2.50 bits per heavy atom. The number of hydroxylamine groups is 1. The molecule has 4 N–H and O–H groups in total. The van der Waals surface area contributed by atoms with Crippen molar-refractivity contribution in [1.29, 1.82) is 0 Å². The molecule has 0 saturated carbocycles. The van der Waals surface area contributed by atoms with Crippen molar-refractivity contribution in [3.05, 3.63) is 35.4 Å². The average molecular weight is 252 g/mol. The molecule has 0 saturated heterocycles. The summed E-state index contributed by atoms with van der Waals surface area (Å²) in [5, 5.41) is 8.91. The Morgan fingerprint density at radius 1 is 1.22 bits per heavy atom. The zero-order valence-corrected chi connectivity index (χ0v) is 9.89. The molecular formula is C12H16N2O4. The Balaban J connectivity index is 2.54. The quantitative estimate of drug-likeness (QED) is 0.489. The Bertz CT molecular complexity index is 420. The third-order valence-electron chi connectivity index (χ3n) is 2.28. The monoisotopic (exact) mass is 252 g/mol. The van der Waals surface area contributed by atoms with Gasteiger partial charge >= 0.3 is 11.9 Å². The lowest BCUT2D eigenvalue weighted by Gasteiger charge is -2.07. The third-order valence-corrected chi connectivity index (χ3v) is 2.28. The second kappa shape index (κ2) is 7.41. The van der Waals surface area contributed by atoms with Crippen LogP contribution in [0.25, 0.3) is 0 Å². The molecule has 0 aliphatic rings. The number of benzene rings is 1. The number of carbonyl (C=O) groups excluding carboxylic acids is 1. The topological polar surface area (TPSA) is 102 Å². The van der Waals surface area contributed by atoms with Crippen molar-refractivity contribution in [2.24, 2.45) is 5.73 Å². The molecule has 1 rings (SSSR count). The highest BCUT2D eigenvalue weighted by Gasteiger charge is 2.16. The predicted molar refractivity (Wildman–Crippen MR) is 65.1 cm³/mol. The average Bonchev–Trinajstić information content (AvgIpc) is 2.38. The van der Waals surface area contributed by atoms with Crippen molar-refractivity contribution >= 4 is 11.9 Å². The number of nitrogens with one attached hydrogen (secondary N) is 1. The Labute approximate surface area is 105 Å². The van der Waals surface area contributed by atoms with Gasteiger partial charge in [-0.1, -0.05) is 12.1 Å². The highest BCUT2D eigenvalue weighted by Crippen LogP contribution is 2.09. The number of rotatable bonds is 7. The summed E-state index contributed by atoms with van der Waals surface area (Å²) in [6.45, 7) is 1.07. The largest absolute Gasteiger partial charge is 0.478 e. The van der Waals surface area contributed by atoms with E-state index in [1.165, 1.54) is 12.1 Å². The molecule has 6 nitrogen and oxygen atoms in total. The van der Waals surface area contributed by atoms with Crippen molar-refractivity contribution in [2.75, 3.05) is 13.1 Å². The number of carboxylic acids is 1. The van der Waals surface area contributed by atoms with E-state index in [9.17, 15) is 9.59 Å². The van der Waals surface area contributed by atoms with Gasteiger partial charge < -0.3 is 15.7 Å². The Kier molecular flexibility index (Phi) is 5.83. The first-order valence-electron chi connectivity index (χ1n) is 5.63. The summed E-state index contributed by atoms with van der Waals surface area (Å²) in [4.78, 5) is 27.3. The molecule has 0 fully saturated rings. The first-order valence-corrected chi connectivity index (χ1v) is 5.63. The van der Waals surface area contributed by atoms with E-state index in [-0.39, 0.29) is 11.1 Å². The molecule has 0 aromatic heterocycles. The normalized spacial score (nSPS) is 10.1. The van der Waals surface area contributed by atoms with Crippen LogP contribution in [0.1, 0.15) is 33.6 Å². The minimum absolute atomic E-state index is 0.0244. The first kappa shape index (κ1) is 14.1. The van der Waals surface area contributed by atoms with Gasteiger partial charge in [0, 0.05) is 6.54 Å². The standard InChI is InChI=1S/C12H16N2O4/c13-7-3-4-8-14-18-12(17)10-6-2-1-5-9(10)11(15)16/h1-2,5-6,14H,3-4,7-8,13H2,(H,15,16). The Hall–Kier alpha value is -1.92. The van der Waals surface area contributed by atoms with Crippen LogP contribution in [0.4, 0.5) is 0 Å². The summed E-state index contributed by atoms with van der Waals surface area (Å²) in [6.07, 6.45) is 1.61. The van der Waals surface area contributed by atoms with Crippen LogP contribution in [0, 0.1) is 0 Å². The molecule has 0 aliphatic carbocycles. The lowest BCUT2D eigenvalue weighted by Crippen LogP contribution is -2.23. The maximum atomic E-state index is 11.6. The van der Waals surface area contributed by atoms with E-state index in [1.807, 2.05) is 0 Å². The van der Waals surface area contributed by atoms with Crippen LogP contribution in [-0.2, 0) is 4.84 Å². The fourth-order valence-electron chi connectivity index (χ4n) is 1.36. The van der Waals surface area contributed by atoms with Gasteiger partial charge in [-0.15, -0.1) is 0 Å². The second-order valence-corrected chi connectivity index (χ2v) is 3.63. The zero-order chi connectivity index (χ0) is 13.4. The lowest BCUT2D eigenvalue weighted by molar-refractivity contribution is 0.0247. The third kappa shape index (κ3) is 4.15. The van der Waals surface area contributed by atoms with Gasteiger partial charge in [0.1, 0.15) is 0 Å². The number of aromatic carboxylic acids is 1. The molecule has 98 valence electrons. The van der Waals surface area contributed by atoms with Gasteiger partial charge in [-0.3, -0.25) is 0 Å². The van der Waals surface area contributed by atoms with Gasteiger partial charge in [0.15, 0.2) is 0 Å². The predicted octanol–water partition coefficient (Wildman–Crippen LogP) is 0.785. The van der Waals surface area contributed by atoms with E-state index in [0.717, 1.165) is 12.8 Å². The van der Waals surface area contributed by atoms with Crippen LogP contribution in [-0.4, -0.2) is 30.1 Å². The van der Waals surface area contributed by atoms with Gasteiger partial charge in [-0.2, -0.15) is 5.48 Å². The van der Waals surface area contributed by atoms with Gasteiger partial charge in [0.2, 0.25) is 0 Å². The van der Waals surface area contributed by atoms with Gasteiger partial charge in [-0.05, 0) is 31.5 Å². The smallest absolute Gasteiger partial charge is 0.357 e. The molecule has 0 atom stereocenters. The molecule has 0 spiro atoms. The van der Waals surface area contributed by atoms with Gasteiger partial charge in [0.25, 0.3) is 0 Å². The highest BCUT2D eigenvalue weighted by molar-refractivity contribution is 6.02. The molecule has 0 heterocycles. The molecule has 6 heteroatoms. The van der Waals surface area contributed by atoms with E-state index >= 15 is 0 Å². The summed E-state index contributed by atoms with van der Waals surface area (Å²) >= 11 is 0. The summed E-state index contributed by atoms with van der Waals surface area (Å²) in [7, 11) is 0. The van der Waals surface area contributed by atoms with Crippen molar-refractivity contribution in [2.45, 2.75) is 12.8 Å². The van der Waals surface area contributed by atoms with E-state index in [2.05, 4.69) is 5.48 Å². The maximum Gasteiger partial charge on any atom is 0.357 e. The molecule has 1 aromatic rings. The minimum atomic E-state index is -1.16. The highest BCUT2D eigenvalue weighted by atomic mass is 16.7. The van der Waals surface area contributed by atoms with Crippen LogP contribution in [0.5, 0.6) is 0 Å². The Morgan fingerprint density at radius 2 is 1.89 bits per heavy atom. The fraction of sp³-hybridized carbons (Fsp3) is 0.333. The number of carboxylic acid groups (broad SMARTS) is 1. The van der Waals surface area contributed by atoms with Crippen LogP contribution in [0.3, 0.4) is 0 Å². The van der Waals surface area contributed by atoms with Crippen molar-refractivity contribution < 1.29 is 19.5 Å². The molecule has 0 radical (unpaired) electrons. The molecule has 0 bridgehead atoms. The van der Waals surface area contributed by atoms with Crippen LogP contribution >= 0.6 is 0 Å². The lowest BCUT2D eigenvalue weighted by atomic mass is 10.1. The van der Waals surface area contributed by atoms with Crippen molar-refractivity contribution in [1.82, 2.24) is 5.48 Å². The van der Waals surface area contributed by atoms with E-state index in [1.54, 1.807) is 12.1 Å². The maximum absolute atomic E-state index is 11.6. The summed E-state index contributed by atoms with van der Waals surface area (Å²) < 4.78 is 0. The number of hydrogen-bond acceptors (Lipinski definition) is 5. The molecule has 0 aliphatic heterocycles. The zero-order valence-electron chi connectivity index (χ0n) is 9.89. The van der Waals surface area contributed by atoms with Gasteiger partial charge in [-0.25, -0.2) is 9.59 Å². The fourth-order valence-corrected chi connectivity index (χ4v) is 1.36. The van der Waals surface area contributed by atoms with E-state index < -0.39 is 11.9 Å². The summed E-state index contributed by atoms with van der Waals surface area (Å²) in [5.74, 6) is -1.87. The molecule has 0 amide bonds. The summed E-state index contributed by atoms with van der Waals surface area (Å²) in [6, 6.07) is 5.90. The number of carbonyl (C=O) groups is 2. The number of hydrogen-bond donors (Lipinski definition) is 3. The number of nitrogens with two attached hydrogens (primary N) is 1. The molecular weight excluding hydrogens is 236 g/mol. The van der Waals surface area contributed by atoms with Crippen LogP contribution in [0.2, 0.25) is 0 Å². The molecule has 18 heavy (non-hydrogen) atoms. The first-order chi connectivity index (χ1) is 8.66. The van der Waals surface area contributed by atoms with Crippen LogP contribution in [0.15, 0.2) is 24.3 Å². The van der Waals surface area contributed by atoms with E-state index in [4.69, 9.17) is 15.7 Å². The van der Waals surface area contributed by atoms with Crippen LogP contribution < -0.4 is 11.2 Å². The van der Waals surface area contributed by atoms with E-state index in [0.29, 0.717) is 13.1 Å². The summed E-state index contributed by atoms with van der Waals surface area (Å²) in [5.41, 5.74) is 7.75. The molecule has 0 unspecified atom stereocenters.